The van der Waals surface area contributed by atoms with Gasteiger partial charge in [-0.15, -0.1) is 0 Å². The van der Waals surface area contributed by atoms with Gasteiger partial charge < -0.3 is 18.8 Å². The van der Waals surface area contributed by atoms with Crippen LogP contribution >= 0.6 is 0 Å². The van der Waals surface area contributed by atoms with Crippen molar-refractivity contribution in [3.8, 4) is 17.0 Å². The fraction of sp³-hybridized carbons (Fsp3) is 0.357. The van der Waals surface area contributed by atoms with Crippen molar-refractivity contribution < 1.29 is 23.8 Å². The first-order valence-corrected chi connectivity index (χ1v) is 12.4. The van der Waals surface area contributed by atoms with E-state index in [9.17, 15) is 9.59 Å². The normalized spacial score (nSPS) is 16.7. The summed E-state index contributed by atoms with van der Waals surface area (Å²) in [4.78, 5) is 37.8. The molecule has 196 valence electrons. The second-order valence-corrected chi connectivity index (χ2v) is 10.9. The average Bonchev–Trinajstić information content (AvgIpc) is 3.38. The summed E-state index contributed by atoms with van der Waals surface area (Å²) in [5, 5.41) is 1.86. The molecule has 1 spiro atoms. The van der Waals surface area contributed by atoms with Gasteiger partial charge in [0.2, 0.25) is 0 Å². The molecule has 2 aromatic carbocycles. The number of fused-ring (bicyclic) bond motifs is 2. The minimum absolute atomic E-state index is 0.268. The largest absolute Gasteiger partial charge is 0.494 e. The molecular formula is C28H29N5O5. The molecule has 4 aromatic rings. The van der Waals surface area contributed by atoms with Gasteiger partial charge in [0.25, 0.3) is 0 Å². The molecule has 4 heterocycles. The van der Waals surface area contributed by atoms with Crippen molar-refractivity contribution in [3.63, 3.8) is 0 Å². The maximum Gasteiger partial charge on any atom is 0.415 e. The lowest BCUT2D eigenvalue weighted by Gasteiger charge is -2.45. The third-order valence-electron chi connectivity index (χ3n) is 6.96. The van der Waals surface area contributed by atoms with E-state index in [-0.39, 0.29) is 19.6 Å². The lowest BCUT2D eigenvalue weighted by Crippen LogP contribution is -2.66. The zero-order valence-corrected chi connectivity index (χ0v) is 22.0. The highest BCUT2D eigenvalue weighted by atomic mass is 16.6. The summed E-state index contributed by atoms with van der Waals surface area (Å²) in [5.74, 6) is 0.498. The van der Waals surface area contributed by atoms with E-state index in [1.807, 2.05) is 52.1 Å². The summed E-state index contributed by atoms with van der Waals surface area (Å²) in [6, 6.07) is 11.8. The molecule has 10 nitrogen and oxygen atoms in total. The smallest absolute Gasteiger partial charge is 0.415 e. The average molecular weight is 516 g/mol. The minimum atomic E-state index is -0.792. The van der Waals surface area contributed by atoms with Crippen molar-refractivity contribution in [3.05, 3.63) is 48.9 Å². The zero-order valence-electron chi connectivity index (χ0n) is 22.0. The number of hydrogen-bond acceptors (Lipinski definition) is 7. The predicted molar refractivity (Wildman–Crippen MR) is 142 cm³/mol. The van der Waals surface area contributed by atoms with E-state index >= 15 is 0 Å². The van der Waals surface area contributed by atoms with Crippen LogP contribution in [0.15, 0.2) is 48.9 Å². The molecule has 0 aliphatic carbocycles. The third-order valence-corrected chi connectivity index (χ3v) is 6.96. The Morgan fingerprint density at radius 2 is 1.84 bits per heavy atom. The van der Waals surface area contributed by atoms with Gasteiger partial charge in [-0.25, -0.2) is 19.6 Å². The Kier molecular flexibility index (Phi) is 5.27. The van der Waals surface area contributed by atoms with Crippen LogP contribution in [0.5, 0.6) is 5.75 Å². The van der Waals surface area contributed by atoms with E-state index in [0.29, 0.717) is 17.0 Å². The molecule has 2 saturated heterocycles. The molecule has 0 unspecified atom stereocenters. The van der Waals surface area contributed by atoms with Crippen molar-refractivity contribution >= 4 is 39.7 Å². The number of aromatic nitrogens is 3. The Balaban J connectivity index is 1.36. The molecule has 38 heavy (non-hydrogen) atoms. The van der Waals surface area contributed by atoms with E-state index < -0.39 is 23.4 Å². The maximum absolute atomic E-state index is 13.1. The number of likely N-dealkylation sites (tertiary alicyclic amines) is 1. The molecule has 0 radical (unpaired) electrons. The SMILES string of the molecule is COc1cc2ncnc(-c3cn(C)c4ccccc34)c2cc1N1CC2(CN(C(=O)OC(C)(C)C)C2)OC1=O. The Bertz CT molecular complexity index is 1600. The van der Waals surface area contributed by atoms with Gasteiger partial charge in [-0.3, -0.25) is 9.80 Å². The molecule has 10 heteroatoms. The monoisotopic (exact) mass is 515 g/mol. The van der Waals surface area contributed by atoms with E-state index in [1.165, 1.54) is 6.33 Å². The lowest BCUT2D eigenvalue weighted by molar-refractivity contribution is -0.0779. The molecule has 0 N–H and O–H groups in total. The molecule has 2 fully saturated rings. The van der Waals surface area contributed by atoms with Crippen molar-refractivity contribution in [2.24, 2.45) is 7.05 Å². The lowest BCUT2D eigenvalue weighted by atomic mass is 9.94. The van der Waals surface area contributed by atoms with Crippen molar-refractivity contribution in [1.29, 1.82) is 0 Å². The van der Waals surface area contributed by atoms with Gasteiger partial charge in [-0.05, 0) is 32.9 Å². The van der Waals surface area contributed by atoms with Crippen LogP contribution in [0.2, 0.25) is 0 Å². The number of carbonyl (C=O) groups excluding carboxylic acids is 2. The van der Waals surface area contributed by atoms with Crippen LogP contribution in [0.1, 0.15) is 20.8 Å². The molecule has 0 atom stereocenters. The van der Waals surface area contributed by atoms with Gasteiger partial charge in [0.05, 0.1) is 43.6 Å². The number of methoxy groups -OCH3 is 1. The molecule has 6 rings (SSSR count). The zero-order chi connectivity index (χ0) is 26.8. The second-order valence-electron chi connectivity index (χ2n) is 10.9. The summed E-state index contributed by atoms with van der Waals surface area (Å²) >= 11 is 0. The van der Waals surface area contributed by atoms with Gasteiger partial charge >= 0.3 is 12.2 Å². The summed E-state index contributed by atoms with van der Waals surface area (Å²) in [6.07, 6.45) is 2.68. The summed E-state index contributed by atoms with van der Waals surface area (Å²) in [6.45, 7) is 6.28. The first kappa shape index (κ1) is 24.0. The van der Waals surface area contributed by atoms with Crippen LogP contribution in [0, 0.1) is 0 Å². The van der Waals surface area contributed by atoms with Gasteiger partial charge in [-0.1, -0.05) is 18.2 Å². The van der Waals surface area contributed by atoms with Gasteiger partial charge in [0, 0.05) is 41.2 Å². The summed E-state index contributed by atoms with van der Waals surface area (Å²) in [5.41, 5.74) is 2.70. The van der Waals surface area contributed by atoms with Crippen LogP contribution in [-0.2, 0) is 16.5 Å². The highest BCUT2D eigenvalue weighted by molar-refractivity contribution is 6.05. The summed E-state index contributed by atoms with van der Waals surface area (Å²) < 4.78 is 19.0. The second kappa shape index (κ2) is 8.34. The Labute approximate surface area is 219 Å². The van der Waals surface area contributed by atoms with Crippen LogP contribution in [0.25, 0.3) is 33.1 Å². The van der Waals surface area contributed by atoms with Gasteiger partial charge in [0.1, 0.15) is 17.7 Å². The van der Waals surface area contributed by atoms with Crippen molar-refractivity contribution in [1.82, 2.24) is 19.4 Å². The number of amides is 2. The molecular weight excluding hydrogens is 486 g/mol. The van der Waals surface area contributed by atoms with Gasteiger partial charge in [0.15, 0.2) is 5.60 Å². The predicted octanol–water partition coefficient (Wildman–Crippen LogP) is 4.74. The highest BCUT2D eigenvalue weighted by Gasteiger charge is 2.56. The van der Waals surface area contributed by atoms with Crippen LogP contribution in [0.3, 0.4) is 0 Å². The number of anilines is 1. The van der Waals surface area contributed by atoms with Crippen molar-refractivity contribution in [2.45, 2.75) is 32.0 Å². The number of benzene rings is 2. The van der Waals surface area contributed by atoms with Gasteiger partial charge in [-0.2, -0.15) is 0 Å². The fourth-order valence-corrected chi connectivity index (χ4v) is 5.27. The number of hydrogen-bond donors (Lipinski definition) is 0. The molecule has 2 aromatic heterocycles. The number of rotatable bonds is 3. The number of nitrogens with zero attached hydrogens (tertiary/aromatic N) is 5. The molecule has 2 aliphatic rings. The number of carbonyl (C=O) groups is 2. The quantitative estimate of drug-likeness (QED) is 0.389. The Morgan fingerprint density at radius 1 is 1.08 bits per heavy atom. The van der Waals surface area contributed by atoms with Crippen LogP contribution < -0.4 is 9.64 Å². The van der Waals surface area contributed by atoms with Crippen molar-refractivity contribution in [2.75, 3.05) is 31.6 Å². The van der Waals surface area contributed by atoms with E-state index in [0.717, 1.165) is 27.5 Å². The Hall–Kier alpha value is -4.34. The number of para-hydroxylation sites is 1. The number of aryl methyl sites for hydroxylation is 1. The molecule has 0 saturated carbocycles. The summed E-state index contributed by atoms with van der Waals surface area (Å²) in [7, 11) is 3.56. The maximum atomic E-state index is 13.1. The minimum Gasteiger partial charge on any atom is -0.494 e. The molecule has 0 bridgehead atoms. The first-order valence-electron chi connectivity index (χ1n) is 12.4. The fourth-order valence-electron chi connectivity index (χ4n) is 5.27. The highest BCUT2D eigenvalue weighted by Crippen LogP contribution is 2.42. The third kappa shape index (κ3) is 3.87. The first-order chi connectivity index (χ1) is 18.1. The van der Waals surface area contributed by atoms with E-state index in [1.54, 1.807) is 16.9 Å². The topological polar surface area (TPSA) is 99.0 Å². The van der Waals surface area contributed by atoms with E-state index in [2.05, 4.69) is 32.9 Å². The number of ether oxygens (including phenoxy) is 3. The van der Waals surface area contributed by atoms with Crippen LogP contribution in [-0.4, -0.2) is 69.6 Å². The van der Waals surface area contributed by atoms with E-state index in [4.69, 9.17) is 14.2 Å². The Morgan fingerprint density at radius 3 is 2.58 bits per heavy atom. The standard InChI is InChI=1S/C28H29N5O5/c1-27(2,3)37-25(34)32-13-28(14-32)15-33(26(35)38-28)22-10-18-20(11-23(22)36-5)29-16-30-24(18)19-12-31(4)21-9-7-6-8-17(19)21/h6-12,16H,13-15H2,1-5H3. The van der Waals surface area contributed by atoms with Crippen LogP contribution in [0.4, 0.5) is 15.3 Å². The molecule has 2 amide bonds. The molecule has 2 aliphatic heterocycles.